The smallest absolute Gasteiger partial charge is 0.391 e. The van der Waals surface area contributed by atoms with Crippen LogP contribution in [0.25, 0.3) is 10.9 Å². The van der Waals surface area contributed by atoms with Crippen LogP contribution in [-0.2, 0) is 0 Å². The van der Waals surface area contributed by atoms with Crippen molar-refractivity contribution in [1.29, 1.82) is 0 Å². The number of halogens is 3. The van der Waals surface area contributed by atoms with Gasteiger partial charge in [-0.2, -0.15) is 13.2 Å². The van der Waals surface area contributed by atoms with Gasteiger partial charge < -0.3 is 10.5 Å². The van der Waals surface area contributed by atoms with Crippen LogP contribution in [0, 0.1) is 5.92 Å². The molecule has 1 saturated carbocycles. The van der Waals surface area contributed by atoms with Gasteiger partial charge in [-0.1, -0.05) is 6.07 Å². The molecule has 1 aliphatic carbocycles. The third kappa shape index (κ3) is 2.93. The molecule has 4 nitrogen and oxygen atoms in total. The molecule has 0 saturated heterocycles. The van der Waals surface area contributed by atoms with Gasteiger partial charge in [-0.3, -0.25) is 0 Å². The van der Waals surface area contributed by atoms with E-state index in [1.54, 1.807) is 18.2 Å². The van der Waals surface area contributed by atoms with Crippen LogP contribution < -0.4 is 10.5 Å². The molecule has 3 rings (SSSR count). The second-order valence-corrected chi connectivity index (χ2v) is 5.56. The first kappa shape index (κ1) is 14.9. The van der Waals surface area contributed by atoms with Crippen LogP contribution in [0.4, 0.5) is 18.9 Å². The molecule has 0 radical (unpaired) electrons. The van der Waals surface area contributed by atoms with Crippen LogP contribution in [0.1, 0.15) is 25.7 Å². The quantitative estimate of drug-likeness (QED) is 0.859. The van der Waals surface area contributed by atoms with Gasteiger partial charge in [-0.25, -0.2) is 9.97 Å². The Morgan fingerprint density at radius 1 is 1.09 bits per heavy atom. The summed E-state index contributed by atoms with van der Waals surface area (Å²) in [5.41, 5.74) is 6.97. The maximum Gasteiger partial charge on any atom is 0.391 e. The topological polar surface area (TPSA) is 61.0 Å². The van der Waals surface area contributed by atoms with E-state index in [0.717, 1.165) is 0 Å². The van der Waals surface area contributed by atoms with Crippen molar-refractivity contribution in [2.75, 3.05) is 5.73 Å². The average molecular weight is 311 g/mol. The van der Waals surface area contributed by atoms with Gasteiger partial charge in [0.2, 0.25) is 5.88 Å². The van der Waals surface area contributed by atoms with Crippen LogP contribution in [0.3, 0.4) is 0 Å². The molecule has 7 heteroatoms. The lowest BCUT2D eigenvalue weighted by Gasteiger charge is -2.30. The number of nitrogen functional groups attached to an aromatic ring is 1. The molecule has 1 aromatic heterocycles. The number of hydrogen-bond donors (Lipinski definition) is 1. The van der Waals surface area contributed by atoms with E-state index in [1.165, 1.54) is 6.33 Å². The van der Waals surface area contributed by atoms with Gasteiger partial charge in [0.25, 0.3) is 0 Å². The number of aromatic nitrogens is 2. The Bertz CT molecular complexity index is 667. The van der Waals surface area contributed by atoms with Crippen LogP contribution in [0.5, 0.6) is 5.88 Å². The lowest BCUT2D eigenvalue weighted by Crippen LogP contribution is -2.32. The Morgan fingerprint density at radius 2 is 1.82 bits per heavy atom. The molecule has 1 aromatic carbocycles. The van der Waals surface area contributed by atoms with Crippen molar-refractivity contribution in [3.05, 3.63) is 24.5 Å². The van der Waals surface area contributed by atoms with Gasteiger partial charge in [0.1, 0.15) is 17.9 Å². The number of rotatable bonds is 2. The molecule has 0 aliphatic heterocycles. The van der Waals surface area contributed by atoms with E-state index >= 15 is 0 Å². The van der Waals surface area contributed by atoms with Crippen molar-refractivity contribution < 1.29 is 17.9 Å². The van der Waals surface area contributed by atoms with Crippen LogP contribution in [-0.4, -0.2) is 22.2 Å². The monoisotopic (exact) mass is 311 g/mol. The highest BCUT2D eigenvalue weighted by atomic mass is 19.4. The Labute approximate surface area is 125 Å². The second kappa shape index (κ2) is 5.62. The van der Waals surface area contributed by atoms with E-state index < -0.39 is 12.1 Å². The zero-order chi connectivity index (χ0) is 15.7. The fourth-order valence-electron chi connectivity index (χ4n) is 2.85. The third-order valence-corrected chi connectivity index (χ3v) is 4.07. The summed E-state index contributed by atoms with van der Waals surface area (Å²) < 4.78 is 43.8. The summed E-state index contributed by atoms with van der Waals surface area (Å²) in [6.07, 6.45) is -2.07. The molecule has 1 aliphatic rings. The Hall–Kier alpha value is -2.05. The summed E-state index contributed by atoms with van der Waals surface area (Å²) in [5.74, 6) is -0.835. The number of nitrogens with two attached hydrogens (primary N) is 1. The lowest BCUT2D eigenvalue weighted by molar-refractivity contribution is -0.185. The zero-order valence-corrected chi connectivity index (χ0v) is 11.8. The fourth-order valence-corrected chi connectivity index (χ4v) is 2.85. The van der Waals surface area contributed by atoms with Crippen LogP contribution >= 0.6 is 0 Å². The fraction of sp³-hybridized carbons (Fsp3) is 0.467. The molecule has 1 fully saturated rings. The van der Waals surface area contributed by atoms with Crippen molar-refractivity contribution in [3.8, 4) is 5.88 Å². The van der Waals surface area contributed by atoms with Gasteiger partial charge in [0, 0.05) is 0 Å². The number of para-hydroxylation sites is 1. The van der Waals surface area contributed by atoms with E-state index in [2.05, 4.69) is 9.97 Å². The second-order valence-electron chi connectivity index (χ2n) is 5.56. The summed E-state index contributed by atoms with van der Waals surface area (Å²) in [7, 11) is 0. The molecule has 22 heavy (non-hydrogen) atoms. The summed E-state index contributed by atoms with van der Waals surface area (Å²) in [6.45, 7) is 0. The summed E-state index contributed by atoms with van der Waals surface area (Å²) in [6, 6.07) is 5.30. The standard InChI is InChI=1S/C15H16F3N3O/c16-15(17,18)9-4-6-10(7-5-9)22-14-11-2-1-3-12(19)13(11)20-8-21-14/h1-3,8-10H,4-7,19H2. The first-order valence-corrected chi connectivity index (χ1v) is 7.17. The molecule has 2 N–H and O–H groups in total. The Balaban J connectivity index is 1.74. The minimum Gasteiger partial charge on any atom is -0.474 e. The minimum atomic E-state index is -4.11. The number of alkyl halides is 3. The van der Waals surface area contributed by atoms with Crippen molar-refractivity contribution in [1.82, 2.24) is 9.97 Å². The molecular formula is C15H16F3N3O. The summed E-state index contributed by atoms with van der Waals surface area (Å²) >= 11 is 0. The highest BCUT2D eigenvalue weighted by molar-refractivity contribution is 5.92. The van der Waals surface area contributed by atoms with Crippen molar-refractivity contribution >= 4 is 16.6 Å². The SMILES string of the molecule is Nc1cccc2c(OC3CCC(C(F)(F)F)CC3)ncnc12. The predicted octanol–water partition coefficient (Wildman–Crippen LogP) is 3.71. The molecule has 0 atom stereocenters. The largest absolute Gasteiger partial charge is 0.474 e. The molecule has 0 unspecified atom stereocenters. The Morgan fingerprint density at radius 3 is 2.50 bits per heavy atom. The number of anilines is 1. The number of hydrogen-bond acceptors (Lipinski definition) is 4. The molecule has 0 bridgehead atoms. The van der Waals surface area contributed by atoms with Gasteiger partial charge in [-0.05, 0) is 37.8 Å². The zero-order valence-electron chi connectivity index (χ0n) is 11.8. The molecule has 1 heterocycles. The highest BCUT2D eigenvalue weighted by Gasteiger charge is 2.41. The highest BCUT2D eigenvalue weighted by Crippen LogP contribution is 2.38. The molecule has 0 amide bonds. The van der Waals surface area contributed by atoms with Crippen LogP contribution in [0.2, 0.25) is 0 Å². The van der Waals surface area contributed by atoms with Gasteiger partial charge >= 0.3 is 6.18 Å². The Kier molecular flexibility index (Phi) is 3.80. The molecular weight excluding hydrogens is 295 g/mol. The number of benzene rings is 1. The minimum absolute atomic E-state index is 0.0965. The maximum atomic E-state index is 12.7. The normalized spacial score (nSPS) is 22.7. The molecule has 118 valence electrons. The number of fused-ring (bicyclic) bond motifs is 1. The lowest BCUT2D eigenvalue weighted by atomic mass is 9.87. The number of ether oxygens (including phenoxy) is 1. The molecule has 2 aromatic rings. The maximum absolute atomic E-state index is 12.7. The first-order valence-electron chi connectivity index (χ1n) is 7.17. The van der Waals surface area contributed by atoms with Gasteiger partial charge in [-0.15, -0.1) is 0 Å². The summed E-state index contributed by atoms with van der Waals surface area (Å²) in [5, 5.41) is 0.681. The van der Waals surface area contributed by atoms with E-state index in [0.29, 0.717) is 35.3 Å². The van der Waals surface area contributed by atoms with Crippen molar-refractivity contribution in [2.24, 2.45) is 5.92 Å². The number of nitrogens with zero attached hydrogens (tertiary/aromatic N) is 2. The van der Waals surface area contributed by atoms with Gasteiger partial charge in [0.15, 0.2) is 0 Å². The average Bonchev–Trinajstić information content (AvgIpc) is 2.48. The third-order valence-electron chi connectivity index (χ3n) is 4.07. The molecule has 0 spiro atoms. The summed E-state index contributed by atoms with van der Waals surface area (Å²) in [4.78, 5) is 8.21. The van der Waals surface area contributed by atoms with Gasteiger partial charge in [0.05, 0.1) is 17.0 Å². The predicted molar refractivity (Wildman–Crippen MR) is 76.4 cm³/mol. The van der Waals surface area contributed by atoms with Crippen molar-refractivity contribution in [3.63, 3.8) is 0 Å². The van der Waals surface area contributed by atoms with E-state index in [1.807, 2.05) is 0 Å². The van der Waals surface area contributed by atoms with Crippen molar-refractivity contribution in [2.45, 2.75) is 38.0 Å². The first-order chi connectivity index (χ1) is 10.4. The van der Waals surface area contributed by atoms with E-state index in [9.17, 15) is 13.2 Å². The van der Waals surface area contributed by atoms with Crippen LogP contribution in [0.15, 0.2) is 24.5 Å². The van der Waals surface area contributed by atoms with E-state index in [4.69, 9.17) is 10.5 Å². The van der Waals surface area contributed by atoms with E-state index in [-0.39, 0.29) is 18.9 Å².